The topological polar surface area (TPSA) is 94.6 Å². The number of anilines is 2. The highest BCUT2D eigenvalue weighted by Crippen LogP contribution is 2.53. The molecule has 3 aromatic rings. The van der Waals surface area contributed by atoms with Crippen molar-refractivity contribution >= 4 is 40.0 Å². The maximum Gasteiger partial charge on any atom is 0.255 e. The predicted octanol–water partition coefficient (Wildman–Crippen LogP) is 3.36. The third kappa shape index (κ3) is 3.61. The summed E-state index contributed by atoms with van der Waals surface area (Å²) in [6, 6.07) is 14.3. The number of nitrogens with one attached hydrogen (secondary N) is 2. The van der Waals surface area contributed by atoms with E-state index < -0.39 is 0 Å². The fourth-order valence-electron chi connectivity index (χ4n) is 5.84. The normalized spacial score (nSPS) is 24.2. The van der Waals surface area contributed by atoms with Crippen LogP contribution in [0.3, 0.4) is 0 Å². The van der Waals surface area contributed by atoms with Crippen molar-refractivity contribution in [3.63, 3.8) is 0 Å². The van der Waals surface area contributed by atoms with Gasteiger partial charge < -0.3 is 5.32 Å². The lowest BCUT2D eigenvalue weighted by Gasteiger charge is -2.17. The second-order valence-electron chi connectivity index (χ2n) is 9.91. The lowest BCUT2D eigenvalue weighted by Crippen LogP contribution is -2.32. The van der Waals surface area contributed by atoms with E-state index in [-0.39, 0.29) is 41.4 Å². The SMILES string of the molecule is CN(C)NCc1ccnc2c(NC(=O)c3ccc(N4C(=O)C5C6C=CC(C6)[C@@H]5C4=O)cc3)cccc12. The van der Waals surface area contributed by atoms with Gasteiger partial charge in [0.15, 0.2) is 0 Å². The molecule has 3 unspecified atom stereocenters. The second kappa shape index (κ2) is 8.65. The molecule has 1 aromatic heterocycles. The Balaban J connectivity index is 1.21. The number of imide groups is 1. The zero-order chi connectivity index (χ0) is 25.0. The molecule has 8 nitrogen and oxygen atoms in total. The summed E-state index contributed by atoms with van der Waals surface area (Å²) in [5.74, 6) is -0.689. The number of carbonyl (C=O) groups excluding carboxylic acids is 3. The Labute approximate surface area is 209 Å². The monoisotopic (exact) mass is 481 g/mol. The average Bonchev–Trinajstić information content (AvgIpc) is 3.56. The molecule has 1 saturated carbocycles. The summed E-state index contributed by atoms with van der Waals surface area (Å²) in [4.78, 5) is 45.0. The van der Waals surface area contributed by atoms with Gasteiger partial charge in [-0.2, -0.15) is 0 Å². The summed E-state index contributed by atoms with van der Waals surface area (Å²) in [5, 5.41) is 5.81. The van der Waals surface area contributed by atoms with Gasteiger partial charge in [-0.25, -0.2) is 0 Å². The van der Waals surface area contributed by atoms with Crippen molar-refractivity contribution < 1.29 is 14.4 Å². The van der Waals surface area contributed by atoms with Crippen LogP contribution >= 0.6 is 0 Å². The van der Waals surface area contributed by atoms with E-state index >= 15 is 0 Å². The van der Waals surface area contributed by atoms with Gasteiger partial charge in [0, 0.05) is 37.8 Å². The molecule has 0 spiro atoms. The maximum absolute atomic E-state index is 13.1. The number of allylic oxidation sites excluding steroid dienone is 2. The highest BCUT2D eigenvalue weighted by molar-refractivity contribution is 6.23. The van der Waals surface area contributed by atoms with Gasteiger partial charge in [0.2, 0.25) is 11.8 Å². The number of fused-ring (bicyclic) bond motifs is 6. The van der Waals surface area contributed by atoms with Gasteiger partial charge in [-0.3, -0.25) is 34.7 Å². The Morgan fingerprint density at radius 1 is 1.00 bits per heavy atom. The molecular formula is C28H27N5O3. The van der Waals surface area contributed by atoms with Crippen molar-refractivity contribution in [2.24, 2.45) is 23.7 Å². The molecular weight excluding hydrogens is 454 g/mol. The molecule has 3 aliphatic rings. The fourth-order valence-corrected chi connectivity index (χ4v) is 5.84. The Morgan fingerprint density at radius 2 is 1.69 bits per heavy atom. The maximum atomic E-state index is 13.1. The van der Waals surface area contributed by atoms with E-state index in [1.54, 1.807) is 30.5 Å². The van der Waals surface area contributed by atoms with Crippen LogP contribution in [0.1, 0.15) is 22.3 Å². The van der Waals surface area contributed by atoms with Gasteiger partial charge in [0.05, 0.1) is 28.7 Å². The first kappa shape index (κ1) is 22.6. The number of para-hydroxylation sites is 1. The summed E-state index contributed by atoms with van der Waals surface area (Å²) >= 11 is 0. The highest BCUT2D eigenvalue weighted by atomic mass is 16.2. The van der Waals surface area contributed by atoms with Gasteiger partial charge in [-0.1, -0.05) is 24.3 Å². The number of hydrazine groups is 1. The molecule has 36 heavy (non-hydrogen) atoms. The van der Waals surface area contributed by atoms with Crippen LogP contribution in [0.2, 0.25) is 0 Å². The number of pyridine rings is 1. The first-order valence-corrected chi connectivity index (χ1v) is 12.2. The van der Waals surface area contributed by atoms with Crippen LogP contribution in [0.4, 0.5) is 11.4 Å². The van der Waals surface area contributed by atoms with Crippen molar-refractivity contribution in [1.29, 1.82) is 0 Å². The zero-order valence-corrected chi connectivity index (χ0v) is 20.1. The van der Waals surface area contributed by atoms with Crippen molar-refractivity contribution in [3.05, 3.63) is 78.0 Å². The van der Waals surface area contributed by atoms with Gasteiger partial charge >= 0.3 is 0 Å². The molecule has 2 aliphatic carbocycles. The minimum absolute atomic E-state index is 0.125. The quantitative estimate of drug-likeness (QED) is 0.319. The lowest BCUT2D eigenvalue weighted by molar-refractivity contribution is -0.123. The summed E-state index contributed by atoms with van der Waals surface area (Å²) in [7, 11) is 3.87. The van der Waals surface area contributed by atoms with Crippen LogP contribution in [0.25, 0.3) is 10.9 Å². The average molecular weight is 482 g/mol. The standard InChI is InChI=1S/C28H27N5O3/c1-32(2)30-15-19-12-13-29-25-21(19)4-3-5-22(25)31-26(34)16-8-10-20(11-9-16)33-27(35)23-17-6-7-18(14-17)24(23)28(33)36/h3-13,17-18,23-24,30H,14-15H2,1-2H3,(H,31,34)/t17?,18?,23-,24?/m0/s1. The van der Waals surface area contributed by atoms with Crippen molar-refractivity contribution in [2.45, 2.75) is 13.0 Å². The van der Waals surface area contributed by atoms with Gasteiger partial charge in [0.1, 0.15) is 0 Å². The molecule has 1 saturated heterocycles. The largest absolute Gasteiger partial charge is 0.320 e. The number of nitrogens with zero attached hydrogens (tertiary/aromatic N) is 3. The Kier molecular flexibility index (Phi) is 5.43. The highest BCUT2D eigenvalue weighted by Gasteiger charge is 2.59. The smallest absolute Gasteiger partial charge is 0.255 e. The predicted molar refractivity (Wildman–Crippen MR) is 137 cm³/mol. The third-order valence-electron chi connectivity index (χ3n) is 7.55. The Bertz CT molecular complexity index is 1380. The van der Waals surface area contributed by atoms with Crippen LogP contribution < -0.4 is 15.6 Å². The zero-order valence-electron chi connectivity index (χ0n) is 20.1. The number of hydrogen-bond acceptors (Lipinski definition) is 6. The third-order valence-corrected chi connectivity index (χ3v) is 7.55. The molecule has 3 amide bonds. The molecule has 2 heterocycles. The Hall–Kier alpha value is -3.88. The van der Waals surface area contributed by atoms with Gasteiger partial charge in [0.25, 0.3) is 5.91 Å². The molecule has 2 N–H and O–H groups in total. The van der Waals surface area contributed by atoms with Crippen LogP contribution in [-0.4, -0.2) is 41.8 Å². The first-order valence-electron chi connectivity index (χ1n) is 12.2. The summed E-state index contributed by atoms with van der Waals surface area (Å²) in [6.07, 6.45) is 6.80. The molecule has 1 aliphatic heterocycles. The van der Waals surface area contributed by atoms with E-state index in [1.807, 2.05) is 43.4 Å². The number of benzene rings is 2. The van der Waals surface area contributed by atoms with E-state index in [2.05, 4.69) is 27.9 Å². The van der Waals surface area contributed by atoms with Gasteiger partial charge in [-0.15, -0.1) is 0 Å². The fraction of sp³-hybridized carbons (Fsp3) is 0.286. The molecule has 182 valence electrons. The van der Waals surface area contributed by atoms with E-state index in [4.69, 9.17) is 0 Å². The number of rotatable bonds is 6. The minimum Gasteiger partial charge on any atom is -0.320 e. The molecule has 8 heteroatoms. The van der Waals surface area contributed by atoms with E-state index in [9.17, 15) is 14.4 Å². The van der Waals surface area contributed by atoms with Crippen LogP contribution in [-0.2, 0) is 16.1 Å². The van der Waals surface area contributed by atoms with E-state index in [0.717, 1.165) is 17.4 Å². The number of carbonyl (C=O) groups is 3. The first-order chi connectivity index (χ1) is 17.4. The lowest BCUT2D eigenvalue weighted by atomic mass is 9.85. The summed E-state index contributed by atoms with van der Waals surface area (Å²) < 4.78 is 0. The number of hydrogen-bond donors (Lipinski definition) is 2. The van der Waals surface area contributed by atoms with E-state index in [0.29, 0.717) is 29.0 Å². The van der Waals surface area contributed by atoms with Crippen LogP contribution in [0, 0.1) is 23.7 Å². The van der Waals surface area contributed by atoms with Crippen molar-refractivity contribution in [1.82, 2.24) is 15.4 Å². The number of aromatic nitrogens is 1. The summed E-state index contributed by atoms with van der Waals surface area (Å²) in [5.41, 5.74) is 6.61. The molecule has 2 aromatic carbocycles. The molecule has 2 bridgehead atoms. The Morgan fingerprint density at radius 3 is 2.36 bits per heavy atom. The molecule has 2 fully saturated rings. The van der Waals surface area contributed by atoms with Crippen LogP contribution in [0.15, 0.2) is 66.9 Å². The summed E-state index contributed by atoms with van der Waals surface area (Å²) in [6.45, 7) is 0.637. The van der Waals surface area contributed by atoms with Crippen molar-refractivity contribution in [2.75, 3.05) is 24.3 Å². The van der Waals surface area contributed by atoms with Gasteiger partial charge in [-0.05, 0) is 60.2 Å². The molecule has 6 rings (SSSR count). The second-order valence-corrected chi connectivity index (χ2v) is 9.91. The molecule has 4 atom stereocenters. The van der Waals surface area contributed by atoms with Crippen molar-refractivity contribution in [3.8, 4) is 0 Å². The molecule has 0 radical (unpaired) electrons. The minimum atomic E-state index is -0.286. The van der Waals surface area contributed by atoms with E-state index in [1.165, 1.54) is 4.90 Å². The van der Waals surface area contributed by atoms with Crippen LogP contribution in [0.5, 0.6) is 0 Å². The number of amides is 3.